The molecule has 68 heavy (non-hydrogen) atoms. The molecule has 2 aromatic heterocycles. The van der Waals surface area contributed by atoms with Gasteiger partial charge in [0.1, 0.15) is 11.2 Å². The van der Waals surface area contributed by atoms with Crippen LogP contribution in [-0.4, -0.2) is 15.0 Å². The fraction of sp³-hybridized carbons (Fsp3) is 0.0156. The molecule has 10 aromatic carbocycles. The highest BCUT2D eigenvalue weighted by atomic mass is 16.3. The SMILES string of the molecule is c1ccc(-c2cccc(-c3nc(-c4ccccc4)nc(-c4cccc5oc6ccc(-c7ccc(-c8cccc9c8C8(c%10ccccc%10-c%10ccccc%108)c8ccccc8-9)cc7)cc6c45)n3)c2)cc1. The molecule has 0 unspecified atom stereocenters. The van der Waals surface area contributed by atoms with Crippen LogP contribution in [0.15, 0.2) is 241 Å². The molecule has 12 aromatic rings. The van der Waals surface area contributed by atoms with E-state index in [0.717, 1.165) is 60.9 Å². The predicted molar refractivity (Wildman–Crippen MR) is 276 cm³/mol. The summed E-state index contributed by atoms with van der Waals surface area (Å²) in [5.74, 6) is 1.81. The number of benzene rings is 10. The first-order valence-corrected chi connectivity index (χ1v) is 23.2. The maximum atomic E-state index is 6.57. The Balaban J connectivity index is 0.889. The number of nitrogens with zero attached hydrogens (tertiary/aromatic N) is 3. The lowest BCUT2D eigenvalue weighted by atomic mass is 9.68. The van der Waals surface area contributed by atoms with Crippen LogP contribution in [0.5, 0.6) is 0 Å². The molecule has 14 rings (SSSR count). The first-order valence-electron chi connectivity index (χ1n) is 23.2. The van der Waals surface area contributed by atoms with Crippen molar-refractivity contribution in [1.29, 1.82) is 0 Å². The Labute approximate surface area is 393 Å². The summed E-state index contributed by atoms with van der Waals surface area (Å²) in [5, 5.41) is 1.97. The molecule has 4 nitrogen and oxygen atoms in total. The van der Waals surface area contributed by atoms with Gasteiger partial charge in [0.25, 0.3) is 0 Å². The number of furan rings is 1. The van der Waals surface area contributed by atoms with Gasteiger partial charge in [0.05, 0.1) is 5.41 Å². The number of hydrogen-bond donors (Lipinski definition) is 0. The Hall–Kier alpha value is -8.99. The van der Waals surface area contributed by atoms with Gasteiger partial charge in [0, 0.05) is 27.5 Å². The zero-order chi connectivity index (χ0) is 44.8. The van der Waals surface area contributed by atoms with Crippen LogP contribution < -0.4 is 0 Å². The van der Waals surface area contributed by atoms with Crippen molar-refractivity contribution in [2.75, 3.05) is 0 Å². The molecule has 0 atom stereocenters. The Morgan fingerprint density at radius 3 is 1.44 bits per heavy atom. The van der Waals surface area contributed by atoms with Gasteiger partial charge in [-0.05, 0) is 102 Å². The zero-order valence-electron chi connectivity index (χ0n) is 36.8. The Morgan fingerprint density at radius 1 is 0.279 bits per heavy atom. The Bertz CT molecular complexity index is 3900. The molecule has 0 aliphatic heterocycles. The molecule has 316 valence electrons. The van der Waals surface area contributed by atoms with Crippen molar-refractivity contribution in [3.05, 3.63) is 259 Å². The zero-order valence-corrected chi connectivity index (χ0v) is 36.8. The largest absolute Gasteiger partial charge is 0.456 e. The van der Waals surface area contributed by atoms with Crippen LogP contribution in [0.2, 0.25) is 0 Å². The van der Waals surface area contributed by atoms with E-state index in [1.165, 1.54) is 55.6 Å². The van der Waals surface area contributed by atoms with E-state index < -0.39 is 5.41 Å². The summed E-state index contributed by atoms with van der Waals surface area (Å²) in [4.78, 5) is 15.4. The topological polar surface area (TPSA) is 51.8 Å². The van der Waals surface area contributed by atoms with Crippen molar-refractivity contribution in [3.63, 3.8) is 0 Å². The van der Waals surface area contributed by atoms with E-state index in [1.807, 2.05) is 48.5 Å². The third-order valence-corrected chi connectivity index (χ3v) is 14.2. The third kappa shape index (κ3) is 5.71. The van der Waals surface area contributed by atoms with Gasteiger partial charge in [0.15, 0.2) is 17.5 Å². The molecule has 2 aliphatic rings. The minimum absolute atomic E-state index is 0.424. The van der Waals surface area contributed by atoms with Crippen LogP contribution in [0.4, 0.5) is 0 Å². The van der Waals surface area contributed by atoms with Crippen molar-refractivity contribution >= 4 is 21.9 Å². The van der Waals surface area contributed by atoms with Gasteiger partial charge in [0.2, 0.25) is 0 Å². The summed E-state index contributed by atoms with van der Waals surface area (Å²) in [5.41, 5.74) is 21.4. The third-order valence-electron chi connectivity index (χ3n) is 14.2. The summed E-state index contributed by atoms with van der Waals surface area (Å²) in [6, 6.07) is 84.6. The molecule has 0 fully saturated rings. The van der Waals surface area contributed by atoms with Crippen LogP contribution in [-0.2, 0) is 5.41 Å². The van der Waals surface area contributed by atoms with Crippen LogP contribution >= 0.6 is 0 Å². The van der Waals surface area contributed by atoms with Crippen LogP contribution in [0, 0.1) is 0 Å². The monoisotopic (exact) mass is 865 g/mol. The van der Waals surface area contributed by atoms with Gasteiger partial charge >= 0.3 is 0 Å². The molecule has 1 spiro atoms. The average molecular weight is 866 g/mol. The summed E-state index contributed by atoms with van der Waals surface area (Å²) in [7, 11) is 0. The first-order chi connectivity index (χ1) is 33.7. The lowest BCUT2D eigenvalue weighted by Crippen LogP contribution is -2.26. The molecule has 0 N–H and O–H groups in total. The minimum Gasteiger partial charge on any atom is -0.456 e. The van der Waals surface area contributed by atoms with E-state index in [0.29, 0.717) is 17.5 Å². The number of aromatic nitrogens is 3. The summed E-state index contributed by atoms with van der Waals surface area (Å²) in [6.07, 6.45) is 0. The molecule has 0 amide bonds. The molecule has 0 bridgehead atoms. The van der Waals surface area contributed by atoms with Crippen LogP contribution in [0.25, 0.3) is 112 Å². The second-order valence-corrected chi connectivity index (χ2v) is 17.8. The Morgan fingerprint density at radius 2 is 0.735 bits per heavy atom. The van der Waals surface area contributed by atoms with E-state index in [1.54, 1.807) is 0 Å². The van der Waals surface area contributed by atoms with Crippen molar-refractivity contribution in [2.45, 2.75) is 5.41 Å². The van der Waals surface area contributed by atoms with E-state index in [9.17, 15) is 0 Å². The highest BCUT2D eigenvalue weighted by Crippen LogP contribution is 2.64. The van der Waals surface area contributed by atoms with Crippen molar-refractivity contribution < 1.29 is 4.42 Å². The van der Waals surface area contributed by atoms with Gasteiger partial charge < -0.3 is 4.42 Å². The van der Waals surface area contributed by atoms with Crippen molar-refractivity contribution in [1.82, 2.24) is 15.0 Å². The Kier molecular flexibility index (Phi) is 8.46. The molecular weight excluding hydrogens is 827 g/mol. The quantitative estimate of drug-likeness (QED) is 0.167. The maximum absolute atomic E-state index is 6.57. The molecule has 0 saturated heterocycles. The van der Waals surface area contributed by atoms with Crippen LogP contribution in [0.3, 0.4) is 0 Å². The van der Waals surface area contributed by atoms with E-state index >= 15 is 0 Å². The molecule has 0 radical (unpaired) electrons. The molecule has 4 heteroatoms. The normalized spacial score (nSPS) is 12.8. The average Bonchev–Trinajstić information content (AvgIpc) is 4.05. The number of hydrogen-bond acceptors (Lipinski definition) is 4. The van der Waals surface area contributed by atoms with Crippen molar-refractivity contribution in [2.24, 2.45) is 0 Å². The highest BCUT2D eigenvalue weighted by Gasteiger charge is 2.52. The summed E-state index contributed by atoms with van der Waals surface area (Å²) < 4.78 is 6.57. The lowest BCUT2D eigenvalue weighted by molar-refractivity contribution is 0.669. The molecular formula is C64H39N3O. The van der Waals surface area contributed by atoms with Gasteiger partial charge in [-0.25, -0.2) is 15.0 Å². The summed E-state index contributed by atoms with van der Waals surface area (Å²) in [6.45, 7) is 0. The van der Waals surface area contributed by atoms with Gasteiger partial charge in [-0.1, -0.05) is 212 Å². The van der Waals surface area contributed by atoms with Gasteiger partial charge in [-0.15, -0.1) is 0 Å². The van der Waals surface area contributed by atoms with E-state index in [4.69, 9.17) is 19.4 Å². The lowest BCUT2D eigenvalue weighted by Gasteiger charge is -2.32. The minimum atomic E-state index is -0.424. The first kappa shape index (κ1) is 38.3. The second-order valence-electron chi connectivity index (χ2n) is 17.8. The fourth-order valence-corrected chi connectivity index (χ4v) is 11.2. The molecule has 2 heterocycles. The highest BCUT2D eigenvalue weighted by molar-refractivity contribution is 6.13. The molecule has 2 aliphatic carbocycles. The fourth-order valence-electron chi connectivity index (χ4n) is 11.2. The van der Waals surface area contributed by atoms with Gasteiger partial charge in [-0.3, -0.25) is 0 Å². The standard InChI is InChI=1S/C64H39N3O/c1-3-16-40(17-4-1)44-20-13-21-46(38-44)62-65-61(43-18-5-2-6-19-43)66-63(67-62)52-27-15-31-58-59(52)53-39-45(36-37-57(53)68-58)41-32-34-42(35-33-41)47-25-14-26-51-50-24-9-12-30-56(50)64(60(47)51)54-28-10-7-22-48(54)49-23-8-11-29-55(49)64/h1-39H. The number of fused-ring (bicyclic) bond motifs is 13. The second kappa shape index (κ2) is 15.0. The molecule has 0 saturated carbocycles. The smallest absolute Gasteiger partial charge is 0.164 e. The predicted octanol–water partition coefficient (Wildman–Crippen LogP) is 16.1. The number of rotatable bonds is 6. The maximum Gasteiger partial charge on any atom is 0.164 e. The summed E-state index contributed by atoms with van der Waals surface area (Å²) >= 11 is 0. The van der Waals surface area contributed by atoms with Crippen molar-refractivity contribution in [3.8, 4) is 89.8 Å². The van der Waals surface area contributed by atoms with Crippen LogP contribution in [0.1, 0.15) is 22.3 Å². The van der Waals surface area contributed by atoms with E-state index in [2.05, 4.69) is 188 Å². The van der Waals surface area contributed by atoms with E-state index in [-0.39, 0.29) is 0 Å². The van der Waals surface area contributed by atoms with Gasteiger partial charge in [-0.2, -0.15) is 0 Å².